The number of nitrogens with one attached hydrogen (secondary N) is 1. The van der Waals surface area contributed by atoms with Gasteiger partial charge in [0.15, 0.2) is 12.4 Å². The number of amides is 1. The lowest BCUT2D eigenvalue weighted by molar-refractivity contribution is -0.137. The lowest BCUT2D eigenvalue weighted by Crippen LogP contribution is -2.21. The molecule has 3 rings (SSSR count). The summed E-state index contributed by atoms with van der Waals surface area (Å²) in [5.74, 6) is 0.809. The second kappa shape index (κ2) is 9.54. The molecular weight excluding hydrogens is 427 g/mol. The molecule has 0 radical (unpaired) electrons. The van der Waals surface area contributed by atoms with Crippen molar-refractivity contribution in [3.05, 3.63) is 59.8 Å². The molecule has 7 nitrogen and oxygen atoms in total. The minimum absolute atomic E-state index is 0.111. The van der Waals surface area contributed by atoms with E-state index in [9.17, 15) is 18.0 Å². The lowest BCUT2D eigenvalue weighted by atomic mass is 10.1. The minimum Gasteiger partial charge on any atom is -0.497 e. The Morgan fingerprint density at radius 1 is 1.00 bits per heavy atom. The molecule has 1 N–H and O–H groups in total. The highest BCUT2D eigenvalue weighted by molar-refractivity contribution is 5.93. The van der Waals surface area contributed by atoms with E-state index in [2.05, 4.69) is 15.3 Å². The van der Waals surface area contributed by atoms with Gasteiger partial charge in [0.25, 0.3) is 5.91 Å². The standard InChI is InChI=1S/C22H20F3N3O4/c1-13-10-20(28-21(26-13)14-4-6-15(7-5-14)22(23,24)25)32-12-19(29)27-17-11-16(30-2)8-9-18(17)31-3/h4-11H,12H2,1-3H3,(H,27,29). The summed E-state index contributed by atoms with van der Waals surface area (Å²) in [7, 11) is 2.97. The predicted molar refractivity (Wildman–Crippen MR) is 111 cm³/mol. The molecule has 168 valence electrons. The molecule has 1 amide bonds. The monoisotopic (exact) mass is 447 g/mol. The fourth-order valence-electron chi connectivity index (χ4n) is 2.79. The zero-order valence-electron chi connectivity index (χ0n) is 17.5. The van der Waals surface area contributed by atoms with E-state index in [-0.39, 0.29) is 18.3 Å². The van der Waals surface area contributed by atoms with Crippen LogP contribution in [0.3, 0.4) is 0 Å². The van der Waals surface area contributed by atoms with Gasteiger partial charge < -0.3 is 19.5 Å². The minimum atomic E-state index is -4.43. The highest BCUT2D eigenvalue weighted by Gasteiger charge is 2.30. The van der Waals surface area contributed by atoms with Gasteiger partial charge in [-0.1, -0.05) is 12.1 Å². The number of aryl methyl sites for hydroxylation is 1. The molecule has 0 aliphatic carbocycles. The Balaban J connectivity index is 1.71. The predicted octanol–water partition coefficient (Wildman–Crippen LogP) is 4.51. The van der Waals surface area contributed by atoms with Gasteiger partial charge in [0, 0.05) is 23.4 Å². The molecule has 1 heterocycles. The fourth-order valence-corrected chi connectivity index (χ4v) is 2.79. The normalized spacial score (nSPS) is 11.1. The van der Waals surface area contributed by atoms with Gasteiger partial charge in [0.05, 0.1) is 25.5 Å². The molecule has 2 aromatic carbocycles. The number of carbonyl (C=O) groups excluding carboxylic acids is 1. The van der Waals surface area contributed by atoms with Crippen molar-refractivity contribution >= 4 is 11.6 Å². The van der Waals surface area contributed by atoms with Gasteiger partial charge in [-0.25, -0.2) is 4.98 Å². The SMILES string of the molecule is COc1ccc(OC)c(NC(=O)COc2cc(C)nc(-c3ccc(C(F)(F)F)cc3)n2)c1. The number of benzene rings is 2. The van der Waals surface area contributed by atoms with E-state index < -0.39 is 17.6 Å². The number of aromatic nitrogens is 2. The number of carbonyl (C=O) groups is 1. The Bertz CT molecular complexity index is 1100. The third kappa shape index (κ3) is 5.65. The molecule has 1 aromatic heterocycles. The van der Waals surface area contributed by atoms with Crippen molar-refractivity contribution in [2.45, 2.75) is 13.1 Å². The summed E-state index contributed by atoms with van der Waals surface area (Å²) < 4.78 is 54.1. The Kier molecular flexibility index (Phi) is 6.82. The summed E-state index contributed by atoms with van der Waals surface area (Å²) in [6.07, 6.45) is -4.43. The van der Waals surface area contributed by atoms with Gasteiger partial charge in [0.1, 0.15) is 11.5 Å². The number of anilines is 1. The number of hydrogen-bond acceptors (Lipinski definition) is 6. The maximum absolute atomic E-state index is 12.8. The fraction of sp³-hybridized carbons (Fsp3) is 0.227. The molecule has 0 spiro atoms. The average molecular weight is 447 g/mol. The zero-order valence-corrected chi connectivity index (χ0v) is 17.5. The van der Waals surface area contributed by atoms with Crippen LogP contribution < -0.4 is 19.5 Å². The quantitative estimate of drug-likeness (QED) is 0.574. The number of hydrogen-bond donors (Lipinski definition) is 1. The first-order chi connectivity index (χ1) is 15.2. The first-order valence-corrected chi connectivity index (χ1v) is 9.37. The van der Waals surface area contributed by atoms with Gasteiger partial charge in [-0.3, -0.25) is 4.79 Å². The van der Waals surface area contributed by atoms with E-state index in [0.717, 1.165) is 12.1 Å². The van der Waals surface area contributed by atoms with Gasteiger partial charge in [-0.15, -0.1) is 0 Å². The Labute approximate surface area is 182 Å². The molecule has 0 aliphatic rings. The molecule has 0 fully saturated rings. The first kappa shape index (κ1) is 22.9. The number of methoxy groups -OCH3 is 2. The molecule has 0 aliphatic heterocycles. The van der Waals surface area contributed by atoms with Crippen LogP contribution in [0, 0.1) is 6.92 Å². The molecule has 3 aromatic rings. The zero-order chi connectivity index (χ0) is 23.3. The van der Waals surface area contributed by atoms with Crippen LogP contribution in [0.5, 0.6) is 17.4 Å². The number of halogens is 3. The summed E-state index contributed by atoms with van der Waals surface area (Å²) in [6, 6.07) is 10.9. The molecule has 0 saturated carbocycles. The highest BCUT2D eigenvalue weighted by atomic mass is 19.4. The van der Waals surface area contributed by atoms with Crippen molar-refractivity contribution in [3.8, 4) is 28.8 Å². The van der Waals surface area contributed by atoms with Crippen molar-refractivity contribution in [2.24, 2.45) is 0 Å². The molecule has 32 heavy (non-hydrogen) atoms. The molecule has 0 bridgehead atoms. The molecular formula is C22H20F3N3O4. The van der Waals surface area contributed by atoms with Crippen LogP contribution in [0.15, 0.2) is 48.5 Å². The van der Waals surface area contributed by atoms with Crippen molar-refractivity contribution in [2.75, 3.05) is 26.1 Å². The molecule has 10 heteroatoms. The van der Waals surface area contributed by atoms with Crippen LogP contribution >= 0.6 is 0 Å². The smallest absolute Gasteiger partial charge is 0.416 e. The van der Waals surface area contributed by atoms with Crippen molar-refractivity contribution in [3.63, 3.8) is 0 Å². The van der Waals surface area contributed by atoms with Crippen LogP contribution in [-0.2, 0) is 11.0 Å². The molecule has 0 unspecified atom stereocenters. The Hall–Kier alpha value is -3.82. The second-order valence-corrected chi connectivity index (χ2v) is 6.65. The first-order valence-electron chi connectivity index (χ1n) is 9.37. The maximum Gasteiger partial charge on any atom is 0.416 e. The van der Waals surface area contributed by atoms with E-state index >= 15 is 0 Å². The van der Waals surface area contributed by atoms with E-state index in [0.29, 0.717) is 28.4 Å². The van der Waals surface area contributed by atoms with Gasteiger partial charge in [-0.2, -0.15) is 18.2 Å². The highest BCUT2D eigenvalue weighted by Crippen LogP contribution is 2.31. The summed E-state index contributed by atoms with van der Waals surface area (Å²) in [6.45, 7) is 1.33. The lowest BCUT2D eigenvalue weighted by Gasteiger charge is -2.12. The summed E-state index contributed by atoms with van der Waals surface area (Å²) in [4.78, 5) is 20.8. The number of ether oxygens (including phenoxy) is 3. The second-order valence-electron chi connectivity index (χ2n) is 6.65. The van der Waals surface area contributed by atoms with Crippen LogP contribution in [0.4, 0.5) is 18.9 Å². The maximum atomic E-state index is 12.8. The summed E-state index contributed by atoms with van der Waals surface area (Å²) in [5.41, 5.74) is 0.552. The number of alkyl halides is 3. The third-order valence-corrected chi connectivity index (χ3v) is 4.33. The van der Waals surface area contributed by atoms with Crippen molar-refractivity contribution in [1.82, 2.24) is 9.97 Å². The van der Waals surface area contributed by atoms with E-state index in [1.54, 1.807) is 25.1 Å². The summed E-state index contributed by atoms with van der Waals surface area (Å²) in [5, 5.41) is 2.67. The average Bonchev–Trinajstić information content (AvgIpc) is 2.77. The van der Waals surface area contributed by atoms with E-state index in [1.165, 1.54) is 32.4 Å². The van der Waals surface area contributed by atoms with Crippen LogP contribution in [0.2, 0.25) is 0 Å². The summed E-state index contributed by atoms with van der Waals surface area (Å²) >= 11 is 0. The third-order valence-electron chi connectivity index (χ3n) is 4.33. The Morgan fingerprint density at radius 3 is 2.34 bits per heavy atom. The molecule has 0 saturated heterocycles. The van der Waals surface area contributed by atoms with E-state index in [4.69, 9.17) is 14.2 Å². The largest absolute Gasteiger partial charge is 0.497 e. The topological polar surface area (TPSA) is 82.6 Å². The Morgan fingerprint density at radius 2 is 1.72 bits per heavy atom. The van der Waals surface area contributed by atoms with E-state index in [1.807, 2.05) is 0 Å². The van der Waals surface area contributed by atoms with Gasteiger partial charge >= 0.3 is 6.18 Å². The van der Waals surface area contributed by atoms with Crippen LogP contribution in [-0.4, -0.2) is 36.7 Å². The van der Waals surface area contributed by atoms with Crippen LogP contribution in [0.25, 0.3) is 11.4 Å². The van der Waals surface area contributed by atoms with Crippen molar-refractivity contribution < 1.29 is 32.2 Å². The van der Waals surface area contributed by atoms with Crippen molar-refractivity contribution in [1.29, 1.82) is 0 Å². The molecule has 0 atom stereocenters. The number of rotatable bonds is 7. The van der Waals surface area contributed by atoms with Crippen LogP contribution in [0.1, 0.15) is 11.3 Å². The van der Waals surface area contributed by atoms with Gasteiger partial charge in [-0.05, 0) is 31.2 Å². The van der Waals surface area contributed by atoms with Gasteiger partial charge in [0.2, 0.25) is 5.88 Å². The number of nitrogens with zero attached hydrogens (tertiary/aromatic N) is 2.